The highest BCUT2D eigenvalue weighted by Crippen LogP contribution is 2.41. The largest absolute Gasteiger partial charge is 0.396 e. The first-order valence-electron chi connectivity index (χ1n) is 7.16. The number of aliphatic hydroxyl groups is 1. The number of hydrogen-bond donors (Lipinski definition) is 1. The molecular formula is C16H18N2O2S2. The number of carbonyl (C=O) groups is 1. The first kappa shape index (κ1) is 15.6. The van der Waals surface area contributed by atoms with Crippen LogP contribution in [0.15, 0.2) is 22.8 Å². The summed E-state index contributed by atoms with van der Waals surface area (Å²) in [4.78, 5) is 20.7. The van der Waals surface area contributed by atoms with Crippen LogP contribution < -0.4 is 0 Å². The summed E-state index contributed by atoms with van der Waals surface area (Å²) in [7, 11) is 0. The lowest BCUT2D eigenvalue weighted by molar-refractivity contribution is -0.118. The highest BCUT2D eigenvalue weighted by Gasteiger charge is 2.27. The molecule has 0 aromatic carbocycles. The molecule has 2 aromatic rings. The number of aromatic nitrogens is 2. The molecule has 0 saturated heterocycles. The monoisotopic (exact) mass is 334 g/mol. The number of allylic oxidation sites excluding steroid dienone is 2. The second-order valence-electron chi connectivity index (χ2n) is 6.38. The van der Waals surface area contributed by atoms with Gasteiger partial charge in [-0.25, -0.2) is 9.97 Å². The Bertz CT molecular complexity index is 759. The number of nitrogens with zero attached hydrogens (tertiary/aromatic N) is 2. The van der Waals surface area contributed by atoms with Gasteiger partial charge in [0, 0.05) is 21.6 Å². The van der Waals surface area contributed by atoms with Crippen molar-refractivity contribution < 1.29 is 9.90 Å². The van der Waals surface area contributed by atoms with Crippen LogP contribution in [0.3, 0.4) is 0 Å². The van der Waals surface area contributed by atoms with Gasteiger partial charge in [0.25, 0.3) is 0 Å². The fourth-order valence-electron chi connectivity index (χ4n) is 2.48. The summed E-state index contributed by atoms with van der Waals surface area (Å²) in [5.41, 5.74) is 2.88. The van der Waals surface area contributed by atoms with Crippen LogP contribution in [-0.2, 0) is 4.79 Å². The first-order valence-corrected chi connectivity index (χ1v) is 8.85. The van der Waals surface area contributed by atoms with Crippen molar-refractivity contribution in [1.82, 2.24) is 9.97 Å². The number of thioether (sulfide) groups is 1. The van der Waals surface area contributed by atoms with E-state index in [0.717, 1.165) is 26.4 Å². The van der Waals surface area contributed by atoms with Gasteiger partial charge in [0.05, 0.1) is 16.8 Å². The number of carbonyl (C=O) groups excluding carboxylic acids is 1. The number of thiophene rings is 1. The molecule has 0 aliphatic heterocycles. The van der Waals surface area contributed by atoms with Gasteiger partial charge in [-0.2, -0.15) is 0 Å². The zero-order chi connectivity index (χ0) is 15.9. The lowest BCUT2D eigenvalue weighted by Crippen LogP contribution is -2.10. The number of rotatable bonds is 3. The van der Waals surface area contributed by atoms with Crippen LogP contribution in [0.5, 0.6) is 0 Å². The van der Waals surface area contributed by atoms with Gasteiger partial charge in [0.1, 0.15) is 11.4 Å². The first-order chi connectivity index (χ1) is 10.4. The van der Waals surface area contributed by atoms with E-state index in [1.54, 1.807) is 35.5 Å². The average molecular weight is 334 g/mol. The summed E-state index contributed by atoms with van der Waals surface area (Å²) in [6.45, 7) is 6.37. The van der Waals surface area contributed by atoms with Gasteiger partial charge < -0.3 is 5.11 Å². The minimum atomic E-state index is -0.296. The molecule has 0 amide bonds. The molecule has 6 heteroatoms. The lowest BCUT2D eigenvalue weighted by Gasteiger charge is -2.16. The molecular weight excluding hydrogens is 316 g/mol. The average Bonchev–Trinajstić information content (AvgIpc) is 3.00. The quantitative estimate of drug-likeness (QED) is 0.687. The van der Waals surface area contributed by atoms with Gasteiger partial charge in [0.15, 0.2) is 5.78 Å². The molecule has 0 bridgehead atoms. The van der Waals surface area contributed by atoms with E-state index in [0.29, 0.717) is 6.42 Å². The lowest BCUT2D eigenvalue weighted by atomic mass is 10.0. The minimum Gasteiger partial charge on any atom is -0.396 e. The zero-order valence-corrected chi connectivity index (χ0v) is 14.4. The maximum Gasteiger partial charge on any atom is 0.161 e. The number of hydrogen-bond acceptors (Lipinski definition) is 6. The van der Waals surface area contributed by atoms with E-state index >= 15 is 0 Å². The van der Waals surface area contributed by atoms with Crippen LogP contribution in [0.1, 0.15) is 32.8 Å². The molecule has 0 fully saturated rings. The molecule has 3 rings (SSSR count). The number of fused-ring (bicyclic) bond motifs is 1. The maximum atomic E-state index is 11.8. The van der Waals surface area contributed by atoms with E-state index in [1.165, 1.54) is 0 Å². The Balaban J connectivity index is 2.02. The molecule has 116 valence electrons. The number of ketones is 1. The molecule has 0 saturated carbocycles. The highest BCUT2D eigenvalue weighted by atomic mass is 32.2. The SMILES string of the molecule is CC(C)(C)Sc1ncnc2c(C3=CC(=O)C(CO)C3)csc12. The van der Waals surface area contributed by atoms with Crippen LogP contribution in [0.4, 0.5) is 0 Å². The second kappa shape index (κ2) is 5.76. The Hall–Kier alpha value is -1.24. The fourth-order valence-corrected chi connectivity index (χ4v) is 4.54. The summed E-state index contributed by atoms with van der Waals surface area (Å²) in [6, 6.07) is 0. The topological polar surface area (TPSA) is 63.1 Å². The molecule has 4 nitrogen and oxygen atoms in total. The molecule has 1 aliphatic rings. The highest BCUT2D eigenvalue weighted by molar-refractivity contribution is 8.00. The molecule has 0 radical (unpaired) electrons. The van der Waals surface area contributed by atoms with E-state index in [2.05, 4.69) is 30.7 Å². The zero-order valence-electron chi connectivity index (χ0n) is 12.8. The smallest absolute Gasteiger partial charge is 0.161 e. The van der Waals surface area contributed by atoms with Gasteiger partial charge in [-0.3, -0.25) is 4.79 Å². The van der Waals surface area contributed by atoms with Crippen LogP contribution in [0.25, 0.3) is 15.8 Å². The molecule has 0 spiro atoms. The fraction of sp³-hybridized carbons (Fsp3) is 0.438. The van der Waals surface area contributed by atoms with Crippen LogP contribution in [-0.4, -0.2) is 32.2 Å². The third-order valence-corrected chi connectivity index (χ3v) is 5.70. The Labute approximate surface area is 137 Å². The summed E-state index contributed by atoms with van der Waals surface area (Å²) in [5, 5.41) is 12.3. The van der Waals surface area contributed by atoms with Crippen molar-refractivity contribution in [3.63, 3.8) is 0 Å². The second-order valence-corrected chi connectivity index (χ2v) is 9.07. The summed E-state index contributed by atoms with van der Waals surface area (Å²) in [6.07, 6.45) is 3.83. The minimum absolute atomic E-state index is 0.00944. The molecule has 1 unspecified atom stereocenters. The standard InChI is InChI=1S/C16H18N2O2S2/c1-16(2,3)22-15-14-13(17-8-18-15)11(7-21-14)9-4-10(6-19)12(20)5-9/h5,7-8,10,19H,4,6H2,1-3H3. The molecule has 2 aromatic heterocycles. The van der Waals surface area contributed by atoms with Crippen molar-refractivity contribution >= 4 is 44.7 Å². The third-order valence-electron chi connectivity index (χ3n) is 3.48. The molecule has 22 heavy (non-hydrogen) atoms. The Morgan fingerprint density at radius 3 is 2.82 bits per heavy atom. The molecule has 1 atom stereocenters. The van der Waals surface area contributed by atoms with Crippen molar-refractivity contribution in [2.24, 2.45) is 5.92 Å². The third kappa shape index (κ3) is 2.95. The van der Waals surface area contributed by atoms with Gasteiger partial charge in [0.2, 0.25) is 0 Å². The molecule has 1 N–H and O–H groups in total. The summed E-state index contributed by atoms with van der Waals surface area (Å²) >= 11 is 3.34. The Kier molecular flexibility index (Phi) is 4.09. The van der Waals surface area contributed by atoms with E-state index in [4.69, 9.17) is 0 Å². The summed E-state index contributed by atoms with van der Waals surface area (Å²) < 4.78 is 1.15. The van der Waals surface area contributed by atoms with Gasteiger partial charge in [-0.05, 0) is 18.1 Å². The number of aliphatic hydroxyl groups excluding tert-OH is 1. The maximum absolute atomic E-state index is 11.8. The Morgan fingerprint density at radius 2 is 2.18 bits per heavy atom. The molecule has 2 heterocycles. The van der Waals surface area contributed by atoms with Crippen LogP contribution in [0.2, 0.25) is 0 Å². The predicted octanol–water partition coefficient (Wildman–Crippen LogP) is 3.55. The predicted molar refractivity (Wildman–Crippen MR) is 91.2 cm³/mol. The van der Waals surface area contributed by atoms with Crippen molar-refractivity contribution in [3.05, 3.63) is 23.3 Å². The van der Waals surface area contributed by atoms with Gasteiger partial charge in [-0.1, -0.05) is 32.5 Å². The van der Waals surface area contributed by atoms with Crippen LogP contribution >= 0.6 is 23.1 Å². The van der Waals surface area contributed by atoms with Crippen molar-refractivity contribution in [2.45, 2.75) is 37.0 Å². The van der Waals surface area contributed by atoms with E-state index in [1.807, 2.05) is 5.38 Å². The van der Waals surface area contributed by atoms with E-state index in [9.17, 15) is 9.90 Å². The molecule has 1 aliphatic carbocycles. The Morgan fingerprint density at radius 1 is 1.41 bits per heavy atom. The van der Waals surface area contributed by atoms with Gasteiger partial charge in [-0.15, -0.1) is 11.3 Å². The van der Waals surface area contributed by atoms with E-state index in [-0.39, 0.29) is 23.1 Å². The van der Waals surface area contributed by atoms with Crippen molar-refractivity contribution in [2.75, 3.05) is 6.61 Å². The van der Waals surface area contributed by atoms with Gasteiger partial charge >= 0.3 is 0 Å². The van der Waals surface area contributed by atoms with Crippen molar-refractivity contribution in [1.29, 1.82) is 0 Å². The summed E-state index contributed by atoms with van der Waals surface area (Å²) in [5.74, 6) is -0.287. The van der Waals surface area contributed by atoms with E-state index < -0.39 is 0 Å². The van der Waals surface area contributed by atoms with Crippen LogP contribution in [0, 0.1) is 5.92 Å². The van der Waals surface area contributed by atoms with Crippen molar-refractivity contribution in [3.8, 4) is 0 Å². The normalized spacial score (nSPS) is 19.0.